The number of nitrogens with two attached hydrogens (primary N) is 1. The molecule has 0 radical (unpaired) electrons. The highest BCUT2D eigenvalue weighted by atomic mass is 35.5. The Kier molecular flexibility index (Phi) is 4.85. The van der Waals surface area contributed by atoms with Crippen LogP contribution in [-0.2, 0) is 14.8 Å². The fourth-order valence-corrected chi connectivity index (χ4v) is 3.17. The lowest BCUT2D eigenvalue weighted by molar-refractivity contribution is 0.0699. The fraction of sp³-hybridized carbons (Fsp3) is 0.500. The number of rotatable bonds is 4. The first-order chi connectivity index (χ1) is 9.38. The minimum absolute atomic E-state index is 0.0941. The van der Waals surface area contributed by atoms with Crippen LogP contribution < -0.4 is 10.5 Å². The second-order valence-corrected chi connectivity index (χ2v) is 6.68. The standard InChI is InChI=1S/C12H16ClFN2O3S/c13-9-5-11(10(14)6-12(9)20(15,17)18)16-7-8-1-3-19-4-2-8/h5-6,8,16H,1-4,7H2,(H2,15,17,18). The Bertz CT molecular complexity index is 589. The average Bonchev–Trinajstić information content (AvgIpc) is 2.39. The molecule has 1 heterocycles. The summed E-state index contributed by atoms with van der Waals surface area (Å²) in [6.07, 6.45) is 1.83. The predicted octanol–water partition coefficient (Wildman–Crippen LogP) is 1.97. The monoisotopic (exact) mass is 322 g/mol. The van der Waals surface area contributed by atoms with Crippen LogP contribution in [0.3, 0.4) is 0 Å². The van der Waals surface area contributed by atoms with Crippen molar-refractivity contribution in [3.05, 3.63) is 23.0 Å². The smallest absolute Gasteiger partial charge is 0.239 e. The second kappa shape index (κ2) is 6.26. The second-order valence-electron chi connectivity index (χ2n) is 4.74. The fourth-order valence-electron chi connectivity index (χ4n) is 2.09. The highest BCUT2D eigenvalue weighted by Crippen LogP contribution is 2.27. The van der Waals surface area contributed by atoms with Crippen molar-refractivity contribution in [2.24, 2.45) is 11.1 Å². The number of anilines is 1. The molecule has 0 bridgehead atoms. The van der Waals surface area contributed by atoms with E-state index in [0.717, 1.165) is 18.9 Å². The van der Waals surface area contributed by atoms with Gasteiger partial charge in [-0.1, -0.05) is 11.6 Å². The Morgan fingerprint density at radius 3 is 2.65 bits per heavy atom. The molecular formula is C12H16ClFN2O3S. The van der Waals surface area contributed by atoms with Crippen LogP contribution in [0.15, 0.2) is 17.0 Å². The molecule has 0 aromatic heterocycles. The molecule has 1 aromatic carbocycles. The van der Waals surface area contributed by atoms with Crippen LogP contribution in [0.1, 0.15) is 12.8 Å². The molecule has 0 amide bonds. The zero-order valence-electron chi connectivity index (χ0n) is 10.7. The quantitative estimate of drug-likeness (QED) is 0.888. The van der Waals surface area contributed by atoms with Gasteiger partial charge in [-0.25, -0.2) is 17.9 Å². The molecule has 112 valence electrons. The first kappa shape index (κ1) is 15.5. The normalized spacial score (nSPS) is 17.1. The molecule has 0 aliphatic carbocycles. The minimum atomic E-state index is -4.02. The zero-order valence-corrected chi connectivity index (χ0v) is 12.3. The van der Waals surface area contributed by atoms with E-state index in [9.17, 15) is 12.8 Å². The van der Waals surface area contributed by atoms with Gasteiger partial charge in [0.15, 0.2) is 0 Å². The van der Waals surface area contributed by atoms with E-state index in [1.54, 1.807) is 0 Å². The maximum absolute atomic E-state index is 13.8. The van der Waals surface area contributed by atoms with Crippen LogP contribution in [0.5, 0.6) is 0 Å². The van der Waals surface area contributed by atoms with Gasteiger partial charge in [0.1, 0.15) is 10.7 Å². The number of benzene rings is 1. The van der Waals surface area contributed by atoms with Crippen molar-refractivity contribution in [2.45, 2.75) is 17.7 Å². The summed E-state index contributed by atoms with van der Waals surface area (Å²) >= 11 is 5.82. The Hall–Kier alpha value is -0.890. The van der Waals surface area contributed by atoms with Gasteiger partial charge in [0.2, 0.25) is 10.0 Å². The molecule has 0 spiro atoms. The molecule has 2 rings (SSSR count). The topological polar surface area (TPSA) is 81.4 Å². The molecule has 1 saturated heterocycles. The van der Waals surface area contributed by atoms with Gasteiger partial charge in [-0.2, -0.15) is 0 Å². The third kappa shape index (κ3) is 3.82. The average molecular weight is 323 g/mol. The largest absolute Gasteiger partial charge is 0.382 e. The molecule has 0 unspecified atom stereocenters. The van der Waals surface area contributed by atoms with Crippen LogP contribution in [0.25, 0.3) is 0 Å². The maximum Gasteiger partial charge on any atom is 0.239 e. The number of hydrogen-bond acceptors (Lipinski definition) is 4. The van der Waals surface area contributed by atoms with E-state index < -0.39 is 20.7 Å². The van der Waals surface area contributed by atoms with E-state index in [0.29, 0.717) is 25.7 Å². The number of nitrogens with one attached hydrogen (secondary N) is 1. The molecule has 1 fully saturated rings. The Morgan fingerprint density at radius 1 is 1.40 bits per heavy atom. The van der Waals surface area contributed by atoms with E-state index in [1.165, 1.54) is 6.07 Å². The van der Waals surface area contributed by atoms with Crippen molar-refractivity contribution < 1.29 is 17.5 Å². The van der Waals surface area contributed by atoms with Crippen LogP contribution in [0.2, 0.25) is 5.02 Å². The summed E-state index contributed by atoms with van der Waals surface area (Å²) in [6, 6.07) is 2.08. The van der Waals surface area contributed by atoms with Crippen LogP contribution in [0.4, 0.5) is 10.1 Å². The number of primary sulfonamides is 1. The van der Waals surface area contributed by atoms with Crippen LogP contribution in [0, 0.1) is 11.7 Å². The molecular weight excluding hydrogens is 307 g/mol. The van der Waals surface area contributed by atoms with E-state index in [4.69, 9.17) is 21.5 Å². The molecule has 5 nitrogen and oxygen atoms in total. The molecule has 20 heavy (non-hydrogen) atoms. The third-order valence-electron chi connectivity index (χ3n) is 3.25. The summed E-state index contributed by atoms with van der Waals surface area (Å²) in [5, 5.41) is 7.81. The van der Waals surface area contributed by atoms with Crippen molar-refractivity contribution in [3.8, 4) is 0 Å². The van der Waals surface area contributed by atoms with E-state index in [2.05, 4.69) is 5.32 Å². The predicted molar refractivity (Wildman–Crippen MR) is 74.8 cm³/mol. The first-order valence-corrected chi connectivity index (χ1v) is 8.14. The summed E-state index contributed by atoms with van der Waals surface area (Å²) < 4.78 is 41.5. The number of halogens is 2. The molecule has 8 heteroatoms. The molecule has 1 aliphatic rings. The summed E-state index contributed by atoms with van der Waals surface area (Å²) in [5.41, 5.74) is 0.175. The first-order valence-electron chi connectivity index (χ1n) is 6.21. The van der Waals surface area contributed by atoms with Crippen molar-refractivity contribution in [1.29, 1.82) is 0 Å². The van der Waals surface area contributed by atoms with Crippen molar-refractivity contribution in [2.75, 3.05) is 25.1 Å². The SMILES string of the molecule is NS(=O)(=O)c1cc(F)c(NCC2CCOCC2)cc1Cl. The van der Waals surface area contributed by atoms with Gasteiger partial charge in [0, 0.05) is 19.8 Å². The van der Waals surface area contributed by atoms with E-state index >= 15 is 0 Å². The number of hydrogen-bond donors (Lipinski definition) is 2. The summed E-state index contributed by atoms with van der Waals surface area (Å²) in [5.74, 6) is -0.287. The van der Waals surface area contributed by atoms with Crippen LogP contribution >= 0.6 is 11.6 Å². The highest BCUT2D eigenvalue weighted by molar-refractivity contribution is 7.89. The number of sulfonamides is 1. The highest BCUT2D eigenvalue weighted by Gasteiger charge is 2.18. The Morgan fingerprint density at radius 2 is 2.05 bits per heavy atom. The Labute approximate surface area is 122 Å². The molecule has 1 aliphatic heterocycles. The lowest BCUT2D eigenvalue weighted by atomic mass is 10.0. The van der Waals surface area contributed by atoms with Crippen LogP contribution in [-0.4, -0.2) is 28.2 Å². The maximum atomic E-state index is 13.8. The van der Waals surface area contributed by atoms with Crippen molar-refractivity contribution >= 4 is 27.3 Å². The minimum Gasteiger partial charge on any atom is -0.382 e. The van der Waals surface area contributed by atoms with Crippen molar-refractivity contribution in [3.63, 3.8) is 0 Å². The van der Waals surface area contributed by atoms with Gasteiger partial charge in [0.25, 0.3) is 0 Å². The Balaban J connectivity index is 2.11. The molecule has 0 atom stereocenters. The summed E-state index contributed by atoms with van der Waals surface area (Å²) in [4.78, 5) is -0.409. The number of ether oxygens (including phenoxy) is 1. The van der Waals surface area contributed by atoms with Gasteiger partial charge < -0.3 is 10.1 Å². The zero-order chi connectivity index (χ0) is 14.8. The van der Waals surface area contributed by atoms with Gasteiger partial charge >= 0.3 is 0 Å². The van der Waals surface area contributed by atoms with Crippen molar-refractivity contribution in [1.82, 2.24) is 0 Å². The van der Waals surface area contributed by atoms with E-state index in [-0.39, 0.29) is 10.7 Å². The lowest BCUT2D eigenvalue weighted by Gasteiger charge is -2.23. The summed E-state index contributed by atoms with van der Waals surface area (Å²) in [7, 11) is -4.02. The van der Waals surface area contributed by atoms with Gasteiger partial charge in [0.05, 0.1) is 10.7 Å². The summed E-state index contributed by atoms with van der Waals surface area (Å²) in [6.45, 7) is 2.01. The van der Waals surface area contributed by atoms with E-state index in [1.807, 2.05) is 0 Å². The molecule has 1 aromatic rings. The third-order valence-corrected chi connectivity index (χ3v) is 4.63. The molecule has 0 saturated carbocycles. The molecule has 3 N–H and O–H groups in total. The van der Waals surface area contributed by atoms with Gasteiger partial charge in [-0.15, -0.1) is 0 Å². The van der Waals surface area contributed by atoms with Gasteiger partial charge in [-0.3, -0.25) is 0 Å². The lowest BCUT2D eigenvalue weighted by Crippen LogP contribution is -2.23. The van der Waals surface area contributed by atoms with Gasteiger partial charge in [-0.05, 0) is 30.9 Å².